The van der Waals surface area contributed by atoms with Crippen LogP contribution in [0, 0.1) is 0 Å². The monoisotopic (exact) mass is 205 g/mol. The van der Waals surface area contributed by atoms with Gasteiger partial charge in [0, 0.05) is 6.04 Å². The predicted molar refractivity (Wildman–Crippen MR) is 58.5 cm³/mol. The number of aliphatic imine (C=N–C) groups is 1. The fourth-order valence-corrected chi connectivity index (χ4v) is 1.64. The van der Waals surface area contributed by atoms with E-state index in [1.165, 1.54) is 0 Å². The van der Waals surface area contributed by atoms with Crippen LogP contribution in [0.15, 0.2) is 23.5 Å². The van der Waals surface area contributed by atoms with E-state index in [9.17, 15) is 0 Å². The molecular formula is C10H15N5. The SMILES string of the molecule is CC(C)n1cnnc1C1CC=CC(N)=N1. The third-order valence-corrected chi connectivity index (χ3v) is 2.41. The van der Waals surface area contributed by atoms with E-state index in [4.69, 9.17) is 5.73 Å². The molecule has 0 spiro atoms. The lowest BCUT2D eigenvalue weighted by molar-refractivity contribution is 0.531. The minimum atomic E-state index is 0.0138. The van der Waals surface area contributed by atoms with Gasteiger partial charge in [0.25, 0.3) is 0 Å². The van der Waals surface area contributed by atoms with Crippen LogP contribution in [0.25, 0.3) is 0 Å². The van der Waals surface area contributed by atoms with Gasteiger partial charge in [0.2, 0.25) is 0 Å². The van der Waals surface area contributed by atoms with Crippen LogP contribution < -0.4 is 5.73 Å². The fourth-order valence-electron chi connectivity index (χ4n) is 1.64. The zero-order valence-electron chi connectivity index (χ0n) is 8.96. The Morgan fingerprint density at radius 3 is 3.00 bits per heavy atom. The van der Waals surface area contributed by atoms with Crippen LogP contribution in [0.2, 0.25) is 0 Å². The molecule has 0 aromatic carbocycles. The number of dihydropyridines is 1. The lowest BCUT2D eigenvalue weighted by Gasteiger charge is -2.16. The highest BCUT2D eigenvalue weighted by molar-refractivity contribution is 5.92. The van der Waals surface area contributed by atoms with Crippen molar-refractivity contribution in [2.75, 3.05) is 0 Å². The number of rotatable bonds is 2. The van der Waals surface area contributed by atoms with E-state index in [-0.39, 0.29) is 6.04 Å². The van der Waals surface area contributed by atoms with Crippen LogP contribution in [0.1, 0.15) is 38.2 Å². The minimum absolute atomic E-state index is 0.0138. The van der Waals surface area contributed by atoms with Crippen molar-refractivity contribution in [1.82, 2.24) is 14.8 Å². The molecule has 0 saturated carbocycles. The molecule has 80 valence electrons. The van der Waals surface area contributed by atoms with Crippen LogP contribution in [0.5, 0.6) is 0 Å². The summed E-state index contributed by atoms with van der Waals surface area (Å²) < 4.78 is 2.03. The Hall–Kier alpha value is -1.65. The number of nitrogens with zero attached hydrogens (tertiary/aromatic N) is 4. The molecule has 0 bridgehead atoms. The van der Waals surface area contributed by atoms with Gasteiger partial charge in [-0.2, -0.15) is 0 Å². The molecule has 1 aliphatic rings. The first-order chi connectivity index (χ1) is 7.18. The van der Waals surface area contributed by atoms with E-state index >= 15 is 0 Å². The molecule has 5 heteroatoms. The van der Waals surface area contributed by atoms with Gasteiger partial charge in [0.15, 0.2) is 5.82 Å². The van der Waals surface area contributed by atoms with Crippen molar-refractivity contribution in [3.8, 4) is 0 Å². The van der Waals surface area contributed by atoms with Gasteiger partial charge in [-0.05, 0) is 26.3 Å². The predicted octanol–water partition coefficient (Wildman–Crippen LogP) is 1.22. The summed E-state index contributed by atoms with van der Waals surface area (Å²) in [7, 11) is 0. The quantitative estimate of drug-likeness (QED) is 0.789. The molecular weight excluding hydrogens is 190 g/mol. The highest BCUT2D eigenvalue weighted by Gasteiger charge is 2.19. The van der Waals surface area contributed by atoms with Gasteiger partial charge >= 0.3 is 0 Å². The summed E-state index contributed by atoms with van der Waals surface area (Å²) in [4.78, 5) is 4.35. The minimum Gasteiger partial charge on any atom is -0.384 e. The molecule has 1 aliphatic heterocycles. The van der Waals surface area contributed by atoms with Crippen LogP contribution in [-0.2, 0) is 0 Å². The van der Waals surface area contributed by atoms with Gasteiger partial charge in [-0.3, -0.25) is 4.99 Å². The standard InChI is InChI=1S/C10H15N5/c1-7(2)15-6-12-14-10(15)8-4-3-5-9(11)13-8/h3,5-8H,4H2,1-2H3,(H2,11,13). The molecule has 0 fully saturated rings. The summed E-state index contributed by atoms with van der Waals surface area (Å²) in [5, 5.41) is 8.03. The fraction of sp³-hybridized carbons (Fsp3) is 0.500. The maximum Gasteiger partial charge on any atom is 0.158 e. The van der Waals surface area contributed by atoms with Crippen LogP contribution in [0.4, 0.5) is 0 Å². The zero-order chi connectivity index (χ0) is 10.8. The van der Waals surface area contributed by atoms with E-state index in [1.807, 2.05) is 16.7 Å². The van der Waals surface area contributed by atoms with Gasteiger partial charge in [-0.25, -0.2) is 0 Å². The second kappa shape index (κ2) is 3.84. The maximum absolute atomic E-state index is 5.66. The van der Waals surface area contributed by atoms with Gasteiger partial charge in [-0.15, -0.1) is 10.2 Å². The molecule has 2 N–H and O–H groups in total. The lowest BCUT2D eigenvalue weighted by atomic mass is 10.1. The topological polar surface area (TPSA) is 69.1 Å². The van der Waals surface area contributed by atoms with Crippen molar-refractivity contribution in [1.29, 1.82) is 0 Å². The summed E-state index contributed by atoms with van der Waals surface area (Å²) in [5.41, 5.74) is 5.66. The summed E-state index contributed by atoms with van der Waals surface area (Å²) in [5.74, 6) is 1.45. The zero-order valence-corrected chi connectivity index (χ0v) is 8.96. The number of hydrogen-bond acceptors (Lipinski definition) is 4. The molecule has 0 radical (unpaired) electrons. The molecule has 1 unspecified atom stereocenters. The first kappa shape index (κ1) is 9.89. The molecule has 0 saturated heterocycles. The largest absolute Gasteiger partial charge is 0.384 e. The van der Waals surface area contributed by atoms with Gasteiger partial charge in [-0.1, -0.05) is 6.08 Å². The van der Waals surface area contributed by atoms with E-state index in [0.717, 1.165) is 12.2 Å². The van der Waals surface area contributed by atoms with Crippen molar-refractivity contribution in [2.24, 2.45) is 10.7 Å². The van der Waals surface area contributed by atoms with Crippen molar-refractivity contribution in [3.05, 3.63) is 24.3 Å². The Balaban J connectivity index is 2.30. The van der Waals surface area contributed by atoms with E-state index in [0.29, 0.717) is 11.9 Å². The van der Waals surface area contributed by atoms with Crippen molar-refractivity contribution in [2.45, 2.75) is 32.4 Å². The summed E-state index contributed by atoms with van der Waals surface area (Å²) in [6.07, 6.45) is 6.43. The first-order valence-corrected chi connectivity index (χ1v) is 5.07. The second-order valence-corrected chi connectivity index (χ2v) is 3.90. The Labute approximate surface area is 88.7 Å². The first-order valence-electron chi connectivity index (χ1n) is 5.07. The molecule has 1 atom stereocenters. The molecule has 2 rings (SSSR count). The molecule has 15 heavy (non-hydrogen) atoms. The van der Waals surface area contributed by atoms with Crippen molar-refractivity contribution >= 4 is 5.84 Å². The Morgan fingerprint density at radius 2 is 2.33 bits per heavy atom. The number of amidine groups is 1. The third-order valence-electron chi connectivity index (χ3n) is 2.41. The number of aromatic nitrogens is 3. The summed E-state index contributed by atoms with van der Waals surface area (Å²) >= 11 is 0. The van der Waals surface area contributed by atoms with Crippen LogP contribution in [-0.4, -0.2) is 20.6 Å². The Kier molecular flexibility index (Phi) is 2.53. The second-order valence-electron chi connectivity index (χ2n) is 3.90. The molecule has 0 amide bonds. The average molecular weight is 205 g/mol. The number of nitrogens with two attached hydrogens (primary N) is 1. The van der Waals surface area contributed by atoms with E-state index in [2.05, 4.69) is 29.0 Å². The molecule has 0 aliphatic carbocycles. The lowest BCUT2D eigenvalue weighted by Crippen LogP contribution is -2.17. The smallest absolute Gasteiger partial charge is 0.158 e. The molecule has 1 aromatic rings. The highest BCUT2D eigenvalue weighted by Crippen LogP contribution is 2.24. The van der Waals surface area contributed by atoms with Gasteiger partial charge in [0.05, 0.1) is 0 Å². The summed E-state index contributed by atoms with van der Waals surface area (Å²) in [6.45, 7) is 4.19. The highest BCUT2D eigenvalue weighted by atomic mass is 15.3. The number of hydrogen-bond donors (Lipinski definition) is 1. The normalized spacial score (nSPS) is 20.7. The van der Waals surface area contributed by atoms with E-state index in [1.54, 1.807) is 6.33 Å². The Morgan fingerprint density at radius 1 is 1.53 bits per heavy atom. The van der Waals surface area contributed by atoms with Crippen LogP contribution >= 0.6 is 0 Å². The maximum atomic E-state index is 5.66. The van der Waals surface area contributed by atoms with Gasteiger partial charge in [0.1, 0.15) is 18.2 Å². The molecule has 5 nitrogen and oxygen atoms in total. The van der Waals surface area contributed by atoms with Gasteiger partial charge < -0.3 is 10.3 Å². The van der Waals surface area contributed by atoms with Crippen molar-refractivity contribution in [3.63, 3.8) is 0 Å². The van der Waals surface area contributed by atoms with Crippen LogP contribution in [0.3, 0.4) is 0 Å². The molecule has 1 aromatic heterocycles. The van der Waals surface area contributed by atoms with Crippen molar-refractivity contribution < 1.29 is 0 Å². The average Bonchev–Trinajstić information content (AvgIpc) is 2.65. The summed E-state index contributed by atoms with van der Waals surface area (Å²) in [6, 6.07) is 0.359. The third kappa shape index (κ3) is 1.91. The van der Waals surface area contributed by atoms with E-state index < -0.39 is 0 Å². The Bertz CT molecular complexity index is 402. The molecule has 2 heterocycles.